The molecule has 0 spiro atoms. The van der Waals surface area contributed by atoms with Crippen molar-refractivity contribution in [1.82, 2.24) is 20.2 Å². The molecule has 4 rings (SSSR count). The fourth-order valence-electron chi connectivity index (χ4n) is 3.63. The van der Waals surface area contributed by atoms with Gasteiger partial charge in [-0.25, -0.2) is 4.98 Å². The number of amides is 2. The second-order valence-corrected chi connectivity index (χ2v) is 7.33. The Labute approximate surface area is 169 Å². The van der Waals surface area contributed by atoms with Crippen LogP contribution < -0.4 is 5.32 Å². The molecule has 1 atom stereocenters. The summed E-state index contributed by atoms with van der Waals surface area (Å²) in [6, 6.07) is 11.2. The van der Waals surface area contributed by atoms with E-state index in [2.05, 4.69) is 27.4 Å². The molecule has 0 saturated carbocycles. The van der Waals surface area contributed by atoms with Crippen LogP contribution >= 0.6 is 0 Å². The number of rotatable bonds is 4. The Balaban J connectivity index is 1.50. The molecule has 3 aromatic rings. The summed E-state index contributed by atoms with van der Waals surface area (Å²) >= 11 is 0. The van der Waals surface area contributed by atoms with Gasteiger partial charge < -0.3 is 19.6 Å². The standard InChI is InChI=1S/C22H24N4O3/c1-14(24-20(27)18-10-5-11-23-18)21-25-19(15(2)29-21)22(28)26-12-6-9-16-7-3-4-8-17(16)13-26/h3-5,7-8,10-11,14,23H,6,9,12-13H2,1-2H3,(H,24,27)/t14-/m1/s1. The molecule has 3 heterocycles. The summed E-state index contributed by atoms with van der Waals surface area (Å²) in [4.78, 5) is 34.5. The molecule has 29 heavy (non-hydrogen) atoms. The van der Waals surface area contributed by atoms with E-state index >= 15 is 0 Å². The quantitative estimate of drug-likeness (QED) is 0.712. The zero-order valence-electron chi connectivity index (χ0n) is 16.6. The predicted molar refractivity (Wildman–Crippen MR) is 107 cm³/mol. The Hall–Kier alpha value is -3.35. The van der Waals surface area contributed by atoms with Crippen molar-refractivity contribution in [2.45, 2.75) is 39.3 Å². The highest BCUT2D eigenvalue weighted by atomic mass is 16.4. The second-order valence-electron chi connectivity index (χ2n) is 7.33. The van der Waals surface area contributed by atoms with E-state index in [9.17, 15) is 9.59 Å². The van der Waals surface area contributed by atoms with E-state index < -0.39 is 6.04 Å². The number of benzene rings is 1. The zero-order valence-corrected chi connectivity index (χ0v) is 16.6. The van der Waals surface area contributed by atoms with Gasteiger partial charge in [-0.1, -0.05) is 24.3 Å². The summed E-state index contributed by atoms with van der Waals surface area (Å²) < 4.78 is 5.72. The van der Waals surface area contributed by atoms with Crippen LogP contribution in [0.4, 0.5) is 0 Å². The van der Waals surface area contributed by atoms with Crippen molar-refractivity contribution in [2.75, 3.05) is 6.54 Å². The first-order valence-electron chi connectivity index (χ1n) is 9.80. The first kappa shape index (κ1) is 19.0. The summed E-state index contributed by atoms with van der Waals surface area (Å²) in [7, 11) is 0. The Bertz CT molecular complexity index is 1020. The highest BCUT2D eigenvalue weighted by Gasteiger charge is 2.27. The number of fused-ring (bicyclic) bond motifs is 1. The lowest BCUT2D eigenvalue weighted by Crippen LogP contribution is -2.31. The Morgan fingerprint density at radius 3 is 2.76 bits per heavy atom. The lowest BCUT2D eigenvalue weighted by molar-refractivity contribution is 0.0738. The fourth-order valence-corrected chi connectivity index (χ4v) is 3.63. The SMILES string of the molecule is Cc1oc([C@@H](C)NC(=O)c2ccc[nH]2)nc1C(=O)N1CCCc2ccccc2C1. The van der Waals surface area contributed by atoms with Gasteiger partial charge in [-0.15, -0.1) is 0 Å². The number of hydrogen-bond acceptors (Lipinski definition) is 4. The van der Waals surface area contributed by atoms with Crippen LogP contribution in [0.3, 0.4) is 0 Å². The van der Waals surface area contributed by atoms with Crippen molar-refractivity contribution in [2.24, 2.45) is 0 Å². The molecule has 0 fully saturated rings. The number of carbonyl (C=O) groups is 2. The molecule has 0 radical (unpaired) electrons. The van der Waals surface area contributed by atoms with E-state index in [0.29, 0.717) is 36.1 Å². The number of aromatic nitrogens is 2. The molecule has 1 aliphatic heterocycles. The maximum atomic E-state index is 13.1. The third kappa shape index (κ3) is 3.94. The molecule has 2 N–H and O–H groups in total. The normalized spacial score (nSPS) is 14.8. The van der Waals surface area contributed by atoms with Gasteiger partial charge in [0.25, 0.3) is 11.8 Å². The van der Waals surface area contributed by atoms with Gasteiger partial charge >= 0.3 is 0 Å². The molecule has 7 nitrogen and oxygen atoms in total. The predicted octanol–water partition coefficient (Wildman–Crippen LogP) is 3.39. The van der Waals surface area contributed by atoms with Crippen molar-refractivity contribution in [3.63, 3.8) is 0 Å². The molecule has 7 heteroatoms. The van der Waals surface area contributed by atoms with Crippen LogP contribution in [0.2, 0.25) is 0 Å². The lowest BCUT2D eigenvalue weighted by atomic mass is 10.0. The van der Waals surface area contributed by atoms with Gasteiger partial charge in [-0.05, 0) is 49.9 Å². The summed E-state index contributed by atoms with van der Waals surface area (Å²) in [5.74, 6) is 0.386. The van der Waals surface area contributed by atoms with E-state index in [1.165, 1.54) is 11.1 Å². The molecule has 0 bridgehead atoms. The lowest BCUT2D eigenvalue weighted by Gasteiger charge is -2.20. The summed E-state index contributed by atoms with van der Waals surface area (Å²) in [5, 5.41) is 2.83. The van der Waals surface area contributed by atoms with Crippen LogP contribution in [0.1, 0.15) is 63.1 Å². The van der Waals surface area contributed by atoms with E-state index in [4.69, 9.17) is 4.42 Å². The van der Waals surface area contributed by atoms with Crippen LogP contribution in [-0.2, 0) is 13.0 Å². The average Bonchev–Trinajstić information content (AvgIpc) is 3.33. The molecule has 2 amide bonds. The second kappa shape index (κ2) is 7.95. The van der Waals surface area contributed by atoms with E-state index in [-0.39, 0.29) is 11.8 Å². The topological polar surface area (TPSA) is 91.2 Å². The van der Waals surface area contributed by atoms with Crippen LogP contribution in [0, 0.1) is 6.92 Å². The first-order chi connectivity index (χ1) is 14.0. The Morgan fingerprint density at radius 2 is 2.00 bits per heavy atom. The smallest absolute Gasteiger partial charge is 0.276 e. The number of aryl methyl sites for hydroxylation is 2. The number of aromatic amines is 1. The first-order valence-corrected chi connectivity index (χ1v) is 9.80. The van der Waals surface area contributed by atoms with Gasteiger partial charge in [0.15, 0.2) is 5.69 Å². The summed E-state index contributed by atoms with van der Waals surface area (Å²) in [6.45, 7) is 4.75. The average molecular weight is 392 g/mol. The van der Waals surface area contributed by atoms with Crippen molar-refractivity contribution in [1.29, 1.82) is 0 Å². The van der Waals surface area contributed by atoms with E-state index in [1.807, 2.05) is 17.0 Å². The molecule has 0 unspecified atom stereocenters. The maximum Gasteiger partial charge on any atom is 0.276 e. The molecular weight excluding hydrogens is 368 g/mol. The zero-order chi connectivity index (χ0) is 20.4. The minimum atomic E-state index is -0.462. The molecule has 2 aromatic heterocycles. The van der Waals surface area contributed by atoms with E-state index in [0.717, 1.165) is 12.8 Å². The Kier molecular flexibility index (Phi) is 5.20. The monoisotopic (exact) mass is 392 g/mol. The maximum absolute atomic E-state index is 13.1. The minimum absolute atomic E-state index is 0.142. The van der Waals surface area contributed by atoms with Gasteiger partial charge in [0.2, 0.25) is 5.89 Å². The third-order valence-corrected chi connectivity index (χ3v) is 5.22. The summed E-state index contributed by atoms with van der Waals surface area (Å²) in [6.07, 6.45) is 3.56. The Morgan fingerprint density at radius 1 is 1.21 bits per heavy atom. The largest absolute Gasteiger partial charge is 0.443 e. The van der Waals surface area contributed by atoms with Crippen LogP contribution in [0.5, 0.6) is 0 Å². The molecule has 150 valence electrons. The highest BCUT2D eigenvalue weighted by Crippen LogP contribution is 2.23. The van der Waals surface area contributed by atoms with Gasteiger partial charge in [0, 0.05) is 19.3 Å². The molecule has 1 aromatic carbocycles. The van der Waals surface area contributed by atoms with Crippen LogP contribution in [0.15, 0.2) is 47.0 Å². The van der Waals surface area contributed by atoms with E-state index in [1.54, 1.807) is 32.2 Å². The number of nitrogens with zero attached hydrogens (tertiary/aromatic N) is 2. The van der Waals surface area contributed by atoms with Crippen molar-refractivity contribution >= 4 is 11.8 Å². The highest BCUT2D eigenvalue weighted by molar-refractivity contribution is 5.94. The van der Waals surface area contributed by atoms with Crippen LogP contribution in [-0.4, -0.2) is 33.2 Å². The van der Waals surface area contributed by atoms with Gasteiger partial charge in [-0.3, -0.25) is 9.59 Å². The molecule has 0 saturated heterocycles. The summed E-state index contributed by atoms with van der Waals surface area (Å²) in [5.41, 5.74) is 3.23. The molecule has 0 aliphatic carbocycles. The van der Waals surface area contributed by atoms with Crippen molar-refractivity contribution < 1.29 is 14.0 Å². The third-order valence-electron chi connectivity index (χ3n) is 5.22. The molecule has 1 aliphatic rings. The molecular formula is C22H24N4O3. The number of hydrogen-bond donors (Lipinski definition) is 2. The van der Waals surface area contributed by atoms with Crippen molar-refractivity contribution in [3.05, 3.63) is 76.8 Å². The number of oxazole rings is 1. The van der Waals surface area contributed by atoms with Crippen LogP contribution in [0.25, 0.3) is 0 Å². The minimum Gasteiger partial charge on any atom is -0.443 e. The number of nitrogens with one attached hydrogen (secondary N) is 2. The van der Waals surface area contributed by atoms with Gasteiger partial charge in [0.05, 0.1) is 0 Å². The van der Waals surface area contributed by atoms with Gasteiger partial charge in [-0.2, -0.15) is 0 Å². The number of H-pyrrole nitrogens is 1. The van der Waals surface area contributed by atoms with Crippen molar-refractivity contribution in [3.8, 4) is 0 Å². The van der Waals surface area contributed by atoms with Gasteiger partial charge in [0.1, 0.15) is 17.5 Å². The fraction of sp³-hybridized carbons (Fsp3) is 0.318. The number of carbonyl (C=O) groups excluding carboxylic acids is 2.